The van der Waals surface area contributed by atoms with Crippen LogP contribution in [0, 0.1) is 0 Å². The number of pyridine rings is 3. The predicted octanol–water partition coefficient (Wildman–Crippen LogP) is 11.8. The minimum absolute atomic E-state index is 0.908. The van der Waals surface area contributed by atoms with Crippen molar-refractivity contribution in [1.29, 1.82) is 0 Å². The van der Waals surface area contributed by atoms with Crippen molar-refractivity contribution in [2.45, 2.75) is 0 Å². The molecule has 0 aliphatic carbocycles. The van der Waals surface area contributed by atoms with E-state index in [4.69, 9.17) is 15.0 Å². The molecule has 0 aliphatic rings. The molecule has 10 aromatic rings. The van der Waals surface area contributed by atoms with Gasteiger partial charge >= 0.3 is 0 Å². The third-order valence-electron chi connectivity index (χ3n) is 9.60. The number of hydrogen-bond donors (Lipinski definition) is 0. The SMILES string of the molecule is c1ccc(-c2ccc3ccc4ccc(-c5cccc(-c6c7ccc8ccccc8c7nc7c6ccc6ccccc67)c5)nc4c3n2)cc1. The van der Waals surface area contributed by atoms with Gasteiger partial charge in [-0.2, -0.15) is 0 Å². The summed E-state index contributed by atoms with van der Waals surface area (Å²) in [6, 6.07) is 57.9. The van der Waals surface area contributed by atoms with Crippen molar-refractivity contribution in [3.63, 3.8) is 0 Å². The van der Waals surface area contributed by atoms with Gasteiger partial charge in [0.2, 0.25) is 0 Å². The molecule has 48 heavy (non-hydrogen) atoms. The van der Waals surface area contributed by atoms with Gasteiger partial charge in [-0.25, -0.2) is 15.0 Å². The Morgan fingerprint density at radius 2 is 0.750 bits per heavy atom. The Hall–Kier alpha value is -6.45. The highest BCUT2D eigenvalue weighted by Crippen LogP contribution is 2.41. The number of hydrogen-bond acceptors (Lipinski definition) is 3. The van der Waals surface area contributed by atoms with Crippen molar-refractivity contribution in [3.05, 3.63) is 164 Å². The molecule has 10 rings (SSSR count). The summed E-state index contributed by atoms with van der Waals surface area (Å²) in [4.78, 5) is 15.8. The van der Waals surface area contributed by atoms with E-state index < -0.39 is 0 Å². The molecular weight excluding hydrogens is 583 g/mol. The highest BCUT2D eigenvalue weighted by molar-refractivity contribution is 6.21. The summed E-state index contributed by atoms with van der Waals surface area (Å²) < 4.78 is 0. The molecule has 0 unspecified atom stereocenters. The molecule has 0 fully saturated rings. The van der Waals surface area contributed by atoms with Gasteiger partial charge in [0.15, 0.2) is 0 Å². The van der Waals surface area contributed by atoms with Crippen LogP contribution in [0.2, 0.25) is 0 Å². The molecule has 0 bridgehead atoms. The van der Waals surface area contributed by atoms with Crippen molar-refractivity contribution in [1.82, 2.24) is 15.0 Å². The summed E-state index contributed by atoms with van der Waals surface area (Å²) in [5.74, 6) is 0. The van der Waals surface area contributed by atoms with Crippen LogP contribution in [0.5, 0.6) is 0 Å². The molecule has 0 amide bonds. The van der Waals surface area contributed by atoms with Gasteiger partial charge in [-0.05, 0) is 34.5 Å². The molecule has 3 aromatic heterocycles. The summed E-state index contributed by atoms with van der Waals surface area (Å²) in [5.41, 5.74) is 10.2. The maximum atomic E-state index is 5.37. The summed E-state index contributed by atoms with van der Waals surface area (Å²) in [6.45, 7) is 0. The van der Waals surface area contributed by atoms with Crippen LogP contribution in [0.25, 0.3) is 98.8 Å². The Kier molecular flexibility index (Phi) is 5.87. The zero-order valence-electron chi connectivity index (χ0n) is 25.9. The molecule has 0 radical (unpaired) electrons. The van der Waals surface area contributed by atoms with E-state index in [0.29, 0.717) is 0 Å². The summed E-state index contributed by atoms with van der Waals surface area (Å²) in [5, 5.41) is 9.13. The van der Waals surface area contributed by atoms with Crippen molar-refractivity contribution in [2.24, 2.45) is 0 Å². The first kappa shape index (κ1) is 26.7. The smallest absolute Gasteiger partial charge is 0.0972 e. The first-order chi connectivity index (χ1) is 23.8. The van der Waals surface area contributed by atoms with Crippen LogP contribution in [0.15, 0.2) is 164 Å². The van der Waals surface area contributed by atoms with Crippen molar-refractivity contribution >= 4 is 65.2 Å². The second-order valence-electron chi connectivity index (χ2n) is 12.4. The first-order valence-corrected chi connectivity index (χ1v) is 16.3. The first-order valence-electron chi connectivity index (χ1n) is 16.3. The second kappa shape index (κ2) is 10.5. The molecule has 0 spiro atoms. The van der Waals surface area contributed by atoms with Crippen LogP contribution in [0.1, 0.15) is 0 Å². The lowest BCUT2D eigenvalue weighted by Gasteiger charge is -2.15. The standard InChI is InChI=1S/C45H27N3/c1-2-11-30(12-3-1)39-25-21-31-17-18-32-22-26-40(47-43(32)42(31)46-39)33-13-8-14-34(27-33)41-37-23-19-28-9-4-6-15-35(28)44(37)48-45-36-16-7-5-10-29(36)20-24-38(41)45/h1-27H. The van der Waals surface area contributed by atoms with E-state index in [2.05, 4.69) is 146 Å². The number of rotatable bonds is 3. The Morgan fingerprint density at radius 1 is 0.271 bits per heavy atom. The largest absolute Gasteiger partial charge is 0.246 e. The van der Waals surface area contributed by atoms with Crippen LogP contribution < -0.4 is 0 Å². The van der Waals surface area contributed by atoms with E-state index in [0.717, 1.165) is 82.5 Å². The topological polar surface area (TPSA) is 38.7 Å². The molecule has 222 valence electrons. The maximum absolute atomic E-state index is 5.37. The zero-order valence-corrected chi connectivity index (χ0v) is 25.9. The molecule has 0 N–H and O–H groups in total. The third kappa shape index (κ3) is 4.18. The van der Waals surface area contributed by atoms with Crippen LogP contribution in [0.3, 0.4) is 0 Å². The van der Waals surface area contributed by atoms with Gasteiger partial charge in [0, 0.05) is 49.0 Å². The fourth-order valence-corrected chi connectivity index (χ4v) is 7.25. The second-order valence-corrected chi connectivity index (χ2v) is 12.4. The van der Waals surface area contributed by atoms with Gasteiger partial charge in [-0.3, -0.25) is 0 Å². The summed E-state index contributed by atoms with van der Waals surface area (Å²) in [6.07, 6.45) is 0. The summed E-state index contributed by atoms with van der Waals surface area (Å²) in [7, 11) is 0. The van der Waals surface area contributed by atoms with Gasteiger partial charge in [-0.15, -0.1) is 0 Å². The van der Waals surface area contributed by atoms with E-state index in [1.54, 1.807) is 0 Å². The highest BCUT2D eigenvalue weighted by Gasteiger charge is 2.16. The number of fused-ring (bicyclic) bond motifs is 9. The Labute approximate surface area is 276 Å². The van der Waals surface area contributed by atoms with Crippen LogP contribution >= 0.6 is 0 Å². The average Bonchev–Trinajstić information content (AvgIpc) is 3.16. The Balaban J connectivity index is 1.21. The average molecular weight is 610 g/mol. The van der Waals surface area contributed by atoms with Gasteiger partial charge in [0.25, 0.3) is 0 Å². The van der Waals surface area contributed by atoms with E-state index in [-0.39, 0.29) is 0 Å². The molecule has 3 nitrogen and oxygen atoms in total. The number of benzene rings is 7. The molecule has 7 aromatic carbocycles. The van der Waals surface area contributed by atoms with Crippen molar-refractivity contribution < 1.29 is 0 Å². The zero-order chi connectivity index (χ0) is 31.6. The molecule has 3 heterocycles. The fourth-order valence-electron chi connectivity index (χ4n) is 7.25. The van der Waals surface area contributed by atoms with Crippen LogP contribution in [-0.4, -0.2) is 15.0 Å². The lowest BCUT2D eigenvalue weighted by Crippen LogP contribution is -1.93. The van der Waals surface area contributed by atoms with Gasteiger partial charge in [-0.1, -0.05) is 146 Å². The Morgan fingerprint density at radius 3 is 1.38 bits per heavy atom. The lowest BCUT2D eigenvalue weighted by molar-refractivity contribution is 1.36. The Bertz CT molecular complexity index is 2800. The number of nitrogens with zero attached hydrogens (tertiary/aromatic N) is 3. The quantitative estimate of drug-likeness (QED) is 0.148. The van der Waals surface area contributed by atoms with Gasteiger partial charge in [0.1, 0.15) is 0 Å². The molecule has 0 atom stereocenters. The fraction of sp³-hybridized carbons (Fsp3) is 0. The van der Waals surface area contributed by atoms with E-state index in [1.165, 1.54) is 16.3 Å². The molecule has 0 saturated heterocycles. The van der Waals surface area contributed by atoms with Crippen LogP contribution in [-0.2, 0) is 0 Å². The van der Waals surface area contributed by atoms with E-state index in [9.17, 15) is 0 Å². The van der Waals surface area contributed by atoms with Crippen molar-refractivity contribution in [3.8, 4) is 33.6 Å². The predicted molar refractivity (Wildman–Crippen MR) is 201 cm³/mol. The molecule has 0 saturated carbocycles. The maximum Gasteiger partial charge on any atom is 0.0972 e. The van der Waals surface area contributed by atoms with Gasteiger partial charge < -0.3 is 0 Å². The van der Waals surface area contributed by atoms with E-state index in [1.807, 2.05) is 18.2 Å². The normalized spacial score (nSPS) is 11.8. The minimum Gasteiger partial charge on any atom is -0.246 e. The minimum atomic E-state index is 0.908. The van der Waals surface area contributed by atoms with E-state index >= 15 is 0 Å². The number of aromatic nitrogens is 3. The third-order valence-corrected chi connectivity index (χ3v) is 9.60. The summed E-state index contributed by atoms with van der Waals surface area (Å²) >= 11 is 0. The van der Waals surface area contributed by atoms with Crippen LogP contribution in [0.4, 0.5) is 0 Å². The highest BCUT2D eigenvalue weighted by atomic mass is 14.8. The van der Waals surface area contributed by atoms with Crippen molar-refractivity contribution in [2.75, 3.05) is 0 Å². The molecule has 0 aliphatic heterocycles. The molecular formula is C45H27N3. The van der Waals surface area contributed by atoms with Gasteiger partial charge in [0.05, 0.1) is 33.5 Å². The molecule has 3 heteroatoms. The monoisotopic (exact) mass is 609 g/mol. The lowest BCUT2D eigenvalue weighted by atomic mass is 9.91.